The summed E-state index contributed by atoms with van der Waals surface area (Å²) in [7, 11) is 1.53. The van der Waals surface area contributed by atoms with Gasteiger partial charge >= 0.3 is 0 Å². The van der Waals surface area contributed by atoms with Crippen molar-refractivity contribution in [2.45, 2.75) is 43.7 Å². The van der Waals surface area contributed by atoms with Crippen molar-refractivity contribution >= 4 is 5.91 Å². The van der Waals surface area contributed by atoms with Crippen LogP contribution in [0, 0.1) is 11.7 Å². The van der Waals surface area contributed by atoms with E-state index < -0.39 is 5.60 Å². The van der Waals surface area contributed by atoms with Crippen LogP contribution in [-0.4, -0.2) is 35.6 Å². The maximum atomic E-state index is 14.0. The minimum Gasteiger partial charge on any atom is -0.496 e. The second kappa shape index (κ2) is 7.55. The van der Waals surface area contributed by atoms with Crippen molar-refractivity contribution in [2.24, 2.45) is 5.92 Å². The predicted molar refractivity (Wildman–Crippen MR) is 105 cm³/mol. The first-order valence-corrected chi connectivity index (χ1v) is 9.97. The van der Waals surface area contributed by atoms with Gasteiger partial charge in [0.05, 0.1) is 12.7 Å². The molecule has 3 atom stereocenters. The van der Waals surface area contributed by atoms with Crippen LogP contribution in [0.1, 0.15) is 48.0 Å². The van der Waals surface area contributed by atoms with Gasteiger partial charge < -0.3 is 14.7 Å². The summed E-state index contributed by atoms with van der Waals surface area (Å²) in [4.78, 5) is 15.1. The second-order valence-electron chi connectivity index (χ2n) is 7.84. The Morgan fingerprint density at radius 3 is 2.68 bits per heavy atom. The fourth-order valence-electron chi connectivity index (χ4n) is 5.04. The Labute approximate surface area is 164 Å². The molecular formula is C23H26FNO3. The van der Waals surface area contributed by atoms with Gasteiger partial charge in [-0.05, 0) is 49.6 Å². The van der Waals surface area contributed by atoms with Crippen LogP contribution in [-0.2, 0) is 5.60 Å². The number of ether oxygens (including phenoxy) is 1. The average Bonchev–Trinajstić information content (AvgIpc) is 2.74. The highest BCUT2D eigenvalue weighted by Crippen LogP contribution is 2.49. The first kappa shape index (κ1) is 18.9. The number of benzene rings is 2. The van der Waals surface area contributed by atoms with Gasteiger partial charge in [0.2, 0.25) is 0 Å². The normalized spacial score (nSPS) is 27.2. The first-order chi connectivity index (χ1) is 13.5. The fraction of sp³-hybridized carbons (Fsp3) is 0.435. The van der Waals surface area contributed by atoms with Crippen LogP contribution in [0.3, 0.4) is 0 Å². The Morgan fingerprint density at radius 2 is 1.93 bits per heavy atom. The number of nitrogens with zero attached hydrogens (tertiary/aromatic N) is 1. The zero-order chi connectivity index (χ0) is 19.7. The molecule has 4 nitrogen and oxygen atoms in total. The smallest absolute Gasteiger partial charge is 0.254 e. The van der Waals surface area contributed by atoms with Gasteiger partial charge in [-0.25, -0.2) is 4.39 Å². The van der Waals surface area contributed by atoms with Crippen LogP contribution >= 0.6 is 0 Å². The van der Waals surface area contributed by atoms with Crippen molar-refractivity contribution in [1.29, 1.82) is 0 Å². The maximum Gasteiger partial charge on any atom is 0.254 e. The third kappa shape index (κ3) is 3.18. The minimum atomic E-state index is -1.20. The van der Waals surface area contributed by atoms with E-state index in [9.17, 15) is 14.3 Å². The zero-order valence-electron chi connectivity index (χ0n) is 16.1. The van der Waals surface area contributed by atoms with Gasteiger partial charge in [-0.15, -0.1) is 0 Å². The molecule has 1 heterocycles. The molecule has 0 unspecified atom stereocenters. The molecule has 1 N–H and O–H groups in total. The third-order valence-corrected chi connectivity index (χ3v) is 6.39. The van der Waals surface area contributed by atoms with Crippen molar-refractivity contribution in [1.82, 2.24) is 4.90 Å². The van der Waals surface area contributed by atoms with Gasteiger partial charge in [0.25, 0.3) is 5.91 Å². The van der Waals surface area contributed by atoms with E-state index in [1.807, 2.05) is 35.2 Å². The fourth-order valence-corrected chi connectivity index (χ4v) is 5.04. The van der Waals surface area contributed by atoms with E-state index in [-0.39, 0.29) is 23.7 Å². The quantitative estimate of drug-likeness (QED) is 0.867. The highest BCUT2D eigenvalue weighted by molar-refractivity contribution is 5.94. The summed E-state index contributed by atoms with van der Waals surface area (Å²) in [6.45, 7) is 0.436. The minimum absolute atomic E-state index is 0.00533. The number of hydrogen-bond acceptors (Lipinski definition) is 3. The van der Waals surface area contributed by atoms with Crippen LogP contribution in [0.4, 0.5) is 4.39 Å². The van der Waals surface area contributed by atoms with Gasteiger partial charge in [-0.2, -0.15) is 0 Å². The van der Waals surface area contributed by atoms with Crippen molar-refractivity contribution in [3.63, 3.8) is 0 Å². The molecule has 4 rings (SSSR count). The lowest BCUT2D eigenvalue weighted by molar-refractivity contribution is -0.111. The maximum absolute atomic E-state index is 14.0. The summed E-state index contributed by atoms with van der Waals surface area (Å²) in [6.07, 6.45) is 4.04. The lowest BCUT2D eigenvalue weighted by atomic mass is 9.66. The molecule has 2 fully saturated rings. The number of carbonyl (C=O) groups excluding carboxylic acids is 1. The van der Waals surface area contributed by atoms with E-state index in [1.54, 1.807) is 6.07 Å². The molecule has 1 aliphatic carbocycles. The molecule has 0 bridgehead atoms. The van der Waals surface area contributed by atoms with E-state index in [0.29, 0.717) is 29.8 Å². The number of methoxy groups -OCH3 is 1. The lowest BCUT2D eigenvalue weighted by Gasteiger charge is -2.52. The van der Waals surface area contributed by atoms with Crippen LogP contribution in [0.5, 0.6) is 5.75 Å². The molecular weight excluding hydrogens is 357 g/mol. The zero-order valence-corrected chi connectivity index (χ0v) is 16.1. The Hall–Kier alpha value is -2.40. The molecule has 2 aliphatic rings. The van der Waals surface area contributed by atoms with Crippen LogP contribution in [0.2, 0.25) is 0 Å². The van der Waals surface area contributed by atoms with Crippen molar-refractivity contribution in [3.05, 3.63) is 65.5 Å². The summed E-state index contributed by atoms with van der Waals surface area (Å²) in [6, 6.07) is 13.5. The molecule has 1 saturated carbocycles. The molecule has 148 valence electrons. The number of likely N-dealkylation sites (tertiary alicyclic amines) is 1. The number of piperidine rings is 1. The monoisotopic (exact) mass is 383 g/mol. The summed E-state index contributed by atoms with van der Waals surface area (Å²) in [5.41, 5.74) is -0.0364. The van der Waals surface area contributed by atoms with E-state index in [4.69, 9.17) is 4.74 Å². The van der Waals surface area contributed by atoms with E-state index in [0.717, 1.165) is 25.7 Å². The number of aliphatic hydroxyl groups is 1. The molecule has 2 aromatic carbocycles. The average molecular weight is 383 g/mol. The van der Waals surface area contributed by atoms with E-state index in [1.165, 1.54) is 19.2 Å². The number of fused-ring (bicyclic) bond motifs is 1. The van der Waals surface area contributed by atoms with Crippen LogP contribution in [0.25, 0.3) is 0 Å². The van der Waals surface area contributed by atoms with Gasteiger partial charge in [0.1, 0.15) is 11.6 Å². The summed E-state index contributed by atoms with van der Waals surface area (Å²) in [5, 5.41) is 11.8. The largest absolute Gasteiger partial charge is 0.496 e. The number of carbonyl (C=O) groups is 1. The van der Waals surface area contributed by atoms with E-state index in [2.05, 4.69) is 0 Å². The molecule has 0 aromatic heterocycles. The van der Waals surface area contributed by atoms with Crippen molar-refractivity contribution in [2.75, 3.05) is 13.7 Å². The highest BCUT2D eigenvalue weighted by Gasteiger charge is 2.51. The second-order valence-corrected chi connectivity index (χ2v) is 7.84. The summed E-state index contributed by atoms with van der Waals surface area (Å²) >= 11 is 0. The van der Waals surface area contributed by atoms with Gasteiger partial charge in [-0.3, -0.25) is 4.79 Å². The SMILES string of the molecule is COc1ccc(F)cc1[C@@]1(O)CCN(C(=O)c2ccccc2)[C@@H]2CCCC[C@H]21. The van der Waals surface area contributed by atoms with Crippen LogP contribution < -0.4 is 4.74 Å². The molecule has 0 spiro atoms. The summed E-state index contributed by atoms with van der Waals surface area (Å²) < 4.78 is 19.5. The van der Waals surface area contributed by atoms with E-state index >= 15 is 0 Å². The van der Waals surface area contributed by atoms with Crippen molar-refractivity contribution in [3.8, 4) is 5.75 Å². The molecule has 5 heteroatoms. The lowest BCUT2D eigenvalue weighted by Crippen LogP contribution is -2.59. The van der Waals surface area contributed by atoms with Gasteiger partial charge in [-0.1, -0.05) is 31.0 Å². The van der Waals surface area contributed by atoms with Crippen molar-refractivity contribution < 1.29 is 19.0 Å². The number of amides is 1. The highest BCUT2D eigenvalue weighted by atomic mass is 19.1. The molecule has 28 heavy (non-hydrogen) atoms. The number of rotatable bonds is 3. The Bertz CT molecular complexity index is 856. The van der Waals surface area contributed by atoms with Crippen LogP contribution in [0.15, 0.2) is 48.5 Å². The predicted octanol–water partition coefficient (Wildman–Crippen LogP) is 4.13. The Balaban J connectivity index is 1.71. The summed E-state index contributed by atoms with van der Waals surface area (Å²) in [5.74, 6) is -0.0282. The standard InChI is InChI=1S/C23H26FNO3/c1-28-21-12-11-17(24)15-19(21)23(27)13-14-25(20-10-6-5-9-18(20)23)22(26)16-7-3-2-4-8-16/h2-4,7-8,11-12,15,18,20,27H,5-6,9-10,13-14H2,1H3/t18-,20-,23-/m1/s1. The van der Waals surface area contributed by atoms with Gasteiger partial charge in [0.15, 0.2) is 0 Å². The number of hydrogen-bond donors (Lipinski definition) is 1. The Morgan fingerprint density at radius 1 is 1.18 bits per heavy atom. The molecule has 2 aromatic rings. The topological polar surface area (TPSA) is 49.8 Å². The third-order valence-electron chi connectivity index (χ3n) is 6.39. The first-order valence-electron chi connectivity index (χ1n) is 9.97. The molecule has 1 amide bonds. The number of halogens is 1. The Kier molecular flexibility index (Phi) is 5.11. The molecule has 1 aliphatic heterocycles. The molecule has 0 radical (unpaired) electrons. The van der Waals surface area contributed by atoms with Gasteiger partial charge in [0, 0.05) is 29.6 Å². The molecule has 1 saturated heterocycles.